The minimum absolute atomic E-state index is 0. The van der Waals surface area contributed by atoms with E-state index in [9.17, 15) is 4.79 Å². The van der Waals surface area contributed by atoms with Gasteiger partial charge in [0.1, 0.15) is 5.75 Å². The van der Waals surface area contributed by atoms with E-state index in [1.165, 1.54) is 0 Å². The first-order valence-electron chi connectivity index (χ1n) is 9.73. The highest BCUT2D eigenvalue weighted by Gasteiger charge is 2.42. The van der Waals surface area contributed by atoms with Crippen molar-refractivity contribution in [2.24, 2.45) is 17.6 Å². The number of carbonyl (C=O) groups excluding carboxylic acids is 1. The van der Waals surface area contributed by atoms with E-state index in [0.717, 1.165) is 37.2 Å². The van der Waals surface area contributed by atoms with Crippen LogP contribution in [0.5, 0.6) is 5.75 Å². The number of aromatic nitrogens is 2. The molecule has 4 rings (SSSR count). The topological polar surface area (TPSA) is 94.5 Å². The molecule has 7 nitrogen and oxygen atoms in total. The Morgan fingerprint density at radius 3 is 2.79 bits per heavy atom. The van der Waals surface area contributed by atoms with E-state index in [-0.39, 0.29) is 24.4 Å². The number of nitrogens with zero attached hydrogens (tertiary/aromatic N) is 3. The Hall–Kier alpha value is -2.12. The van der Waals surface area contributed by atoms with Crippen LogP contribution < -0.4 is 10.5 Å². The van der Waals surface area contributed by atoms with E-state index in [4.69, 9.17) is 15.0 Å². The number of benzene rings is 1. The molecule has 0 spiro atoms. The number of likely N-dealkylation sites (tertiary alicyclic amines) is 1. The number of halogens is 1. The van der Waals surface area contributed by atoms with Crippen molar-refractivity contribution in [1.29, 1.82) is 0 Å². The van der Waals surface area contributed by atoms with Crippen molar-refractivity contribution < 1.29 is 14.1 Å². The molecule has 1 saturated heterocycles. The zero-order valence-electron chi connectivity index (χ0n) is 16.0. The van der Waals surface area contributed by atoms with Gasteiger partial charge >= 0.3 is 0 Å². The highest BCUT2D eigenvalue weighted by atomic mass is 35.5. The molecule has 1 aliphatic heterocycles. The molecule has 1 aromatic carbocycles. The normalized spacial score (nSPS) is 23.4. The molecule has 1 amide bonds. The van der Waals surface area contributed by atoms with Gasteiger partial charge in [0.25, 0.3) is 0 Å². The zero-order valence-corrected chi connectivity index (χ0v) is 16.9. The summed E-state index contributed by atoms with van der Waals surface area (Å²) < 4.78 is 10.8. The summed E-state index contributed by atoms with van der Waals surface area (Å²) >= 11 is 0. The number of amides is 1. The Morgan fingerprint density at radius 2 is 2.07 bits per heavy atom. The maximum atomic E-state index is 12.5. The van der Waals surface area contributed by atoms with Crippen LogP contribution in [-0.4, -0.2) is 46.7 Å². The van der Waals surface area contributed by atoms with Crippen LogP contribution in [0.15, 0.2) is 28.8 Å². The predicted molar refractivity (Wildman–Crippen MR) is 107 cm³/mol. The third-order valence-electron chi connectivity index (χ3n) is 5.71. The van der Waals surface area contributed by atoms with Crippen molar-refractivity contribution in [2.75, 3.05) is 19.7 Å². The maximum absolute atomic E-state index is 12.5. The van der Waals surface area contributed by atoms with E-state index in [2.05, 4.69) is 10.1 Å². The fourth-order valence-electron chi connectivity index (χ4n) is 4.22. The van der Waals surface area contributed by atoms with Crippen LogP contribution in [-0.2, 0) is 11.2 Å². The summed E-state index contributed by atoms with van der Waals surface area (Å²) in [6, 6.07) is 7.81. The fourth-order valence-corrected chi connectivity index (χ4v) is 4.22. The molecule has 3 atom stereocenters. The first-order chi connectivity index (χ1) is 13.1. The average Bonchev–Trinajstić information content (AvgIpc) is 3.39. The number of carbonyl (C=O) groups is 1. The van der Waals surface area contributed by atoms with E-state index in [1.54, 1.807) is 0 Å². The summed E-state index contributed by atoms with van der Waals surface area (Å²) in [5.74, 6) is 3.04. The van der Waals surface area contributed by atoms with Crippen molar-refractivity contribution in [2.45, 2.75) is 38.6 Å². The lowest BCUT2D eigenvalue weighted by atomic mass is 9.98. The van der Waals surface area contributed by atoms with Gasteiger partial charge in [-0.25, -0.2) is 0 Å². The first kappa shape index (κ1) is 20.6. The first-order valence-corrected chi connectivity index (χ1v) is 9.73. The number of aryl methyl sites for hydroxylation is 1. The summed E-state index contributed by atoms with van der Waals surface area (Å²) in [6.45, 7) is 4.22. The van der Waals surface area contributed by atoms with E-state index in [0.29, 0.717) is 43.0 Å². The molecule has 2 fully saturated rings. The lowest BCUT2D eigenvalue weighted by Crippen LogP contribution is -2.33. The molecule has 1 aliphatic carbocycles. The second kappa shape index (κ2) is 8.92. The van der Waals surface area contributed by atoms with Gasteiger partial charge in [0, 0.05) is 37.5 Å². The molecule has 2 aliphatic rings. The van der Waals surface area contributed by atoms with Gasteiger partial charge in [0.15, 0.2) is 0 Å². The Bertz CT molecular complexity index is 795. The Kier molecular flexibility index (Phi) is 6.57. The van der Waals surface area contributed by atoms with Gasteiger partial charge in [-0.1, -0.05) is 5.16 Å². The van der Waals surface area contributed by atoms with Crippen LogP contribution in [0.3, 0.4) is 0 Å². The van der Waals surface area contributed by atoms with Gasteiger partial charge in [-0.05, 0) is 55.9 Å². The maximum Gasteiger partial charge on any atom is 0.227 e. The van der Waals surface area contributed by atoms with Crippen LogP contribution in [0, 0.1) is 11.8 Å². The standard InChI is InChI=1S/C20H26N4O3.ClH/c1-2-26-15-6-3-13(4-7-15)20-22-18(27-23-20)9-10-19(25)24-11-14-5-8-17(21)16(14)12-24;/h3-4,6-7,14,16-17H,2,5,8-12,21H2,1H3;1H. The van der Waals surface area contributed by atoms with Gasteiger partial charge in [-0.15, -0.1) is 12.4 Å². The molecule has 1 saturated carbocycles. The van der Waals surface area contributed by atoms with Gasteiger partial charge in [0.2, 0.25) is 17.6 Å². The Morgan fingerprint density at radius 1 is 1.29 bits per heavy atom. The molecule has 3 unspecified atom stereocenters. The molecule has 152 valence electrons. The summed E-state index contributed by atoms with van der Waals surface area (Å²) in [6.07, 6.45) is 3.08. The third kappa shape index (κ3) is 4.31. The summed E-state index contributed by atoms with van der Waals surface area (Å²) in [4.78, 5) is 18.9. The molecular weight excluding hydrogens is 380 g/mol. The van der Waals surface area contributed by atoms with Crippen LogP contribution >= 0.6 is 12.4 Å². The van der Waals surface area contributed by atoms with E-state index < -0.39 is 0 Å². The number of rotatable bonds is 6. The summed E-state index contributed by atoms with van der Waals surface area (Å²) in [5.41, 5.74) is 7.01. The van der Waals surface area contributed by atoms with Gasteiger partial charge in [-0.3, -0.25) is 4.79 Å². The van der Waals surface area contributed by atoms with Crippen LogP contribution in [0.2, 0.25) is 0 Å². The number of fused-ring (bicyclic) bond motifs is 1. The minimum Gasteiger partial charge on any atom is -0.494 e. The molecule has 2 N–H and O–H groups in total. The molecular formula is C20H27ClN4O3. The summed E-state index contributed by atoms with van der Waals surface area (Å²) in [5, 5.41) is 4.03. The van der Waals surface area contributed by atoms with Crippen molar-refractivity contribution in [1.82, 2.24) is 15.0 Å². The number of hydrogen-bond donors (Lipinski definition) is 1. The van der Waals surface area contributed by atoms with Crippen molar-refractivity contribution >= 4 is 18.3 Å². The highest BCUT2D eigenvalue weighted by molar-refractivity contribution is 5.85. The fraction of sp³-hybridized carbons (Fsp3) is 0.550. The number of hydrogen-bond acceptors (Lipinski definition) is 6. The lowest BCUT2D eigenvalue weighted by Gasteiger charge is -2.18. The van der Waals surface area contributed by atoms with Crippen molar-refractivity contribution in [3.63, 3.8) is 0 Å². The van der Waals surface area contributed by atoms with Crippen LogP contribution in [0.1, 0.15) is 32.1 Å². The monoisotopic (exact) mass is 406 g/mol. The van der Waals surface area contributed by atoms with Crippen LogP contribution in [0.4, 0.5) is 0 Å². The zero-order chi connectivity index (χ0) is 18.8. The van der Waals surface area contributed by atoms with Gasteiger partial charge in [0.05, 0.1) is 6.61 Å². The number of nitrogens with two attached hydrogens (primary N) is 1. The van der Waals surface area contributed by atoms with Gasteiger partial charge in [-0.2, -0.15) is 4.98 Å². The van der Waals surface area contributed by atoms with Crippen molar-refractivity contribution in [3.8, 4) is 17.1 Å². The molecule has 2 heterocycles. The minimum atomic E-state index is 0. The van der Waals surface area contributed by atoms with Gasteiger partial charge < -0.3 is 19.9 Å². The Labute approximate surface area is 171 Å². The molecule has 8 heteroatoms. The molecule has 1 aromatic heterocycles. The molecule has 28 heavy (non-hydrogen) atoms. The smallest absolute Gasteiger partial charge is 0.227 e. The Balaban J connectivity index is 0.00000225. The second-order valence-corrected chi connectivity index (χ2v) is 7.43. The van der Waals surface area contributed by atoms with Crippen molar-refractivity contribution in [3.05, 3.63) is 30.2 Å². The highest BCUT2D eigenvalue weighted by Crippen LogP contribution is 2.37. The van der Waals surface area contributed by atoms with E-state index in [1.807, 2.05) is 36.1 Å². The lowest BCUT2D eigenvalue weighted by molar-refractivity contribution is -0.130. The molecule has 0 radical (unpaired) electrons. The SMILES string of the molecule is CCOc1ccc(-c2noc(CCC(=O)N3CC4CCC(N)C4C3)n2)cc1.Cl. The third-order valence-corrected chi connectivity index (χ3v) is 5.71. The number of ether oxygens (including phenoxy) is 1. The largest absolute Gasteiger partial charge is 0.494 e. The van der Waals surface area contributed by atoms with Crippen LogP contribution in [0.25, 0.3) is 11.4 Å². The predicted octanol–water partition coefficient (Wildman–Crippen LogP) is 2.69. The second-order valence-electron chi connectivity index (χ2n) is 7.43. The summed E-state index contributed by atoms with van der Waals surface area (Å²) in [7, 11) is 0. The molecule has 0 bridgehead atoms. The van der Waals surface area contributed by atoms with E-state index >= 15 is 0 Å². The molecule has 2 aromatic rings. The average molecular weight is 407 g/mol. The quantitative estimate of drug-likeness (QED) is 0.792.